The molecule has 0 saturated carbocycles. The van der Waals surface area contributed by atoms with E-state index in [1.807, 2.05) is 0 Å². The molecule has 0 aliphatic heterocycles. The highest BCUT2D eigenvalue weighted by molar-refractivity contribution is 7.18. The highest BCUT2D eigenvalue weighted by Gasteiger charge is 2.18. The first kappa shape index (κ1) is 44.3. The maximum absolute atomic E-state index is 2.37. The van der Waals surface area contributed by atoms with Gasteiger partial charge in [0.2, 0.25) is 0 Å². The van der Waals surface area contributed by atoms with Crippen LogP contribution in [-0.4, -0.2) is 0 Å². The number of thiophene rings is 4. The molecule has 0 radical (unpaired) electrons. The van der Waals surface area contributed by atoms with Gasteiger partial charge in [-0.15, -0.1) is 45.3 Å². The van der Waals surface area contributed by atoms with E-state index in [1.54, 1.807) is 45.3 Å². The minimum Gasteiger partial charge on any atom is -0.311 e. The number of rotatable bonds is 11. The van der Waals surface area contributed by atoms with Gasteiger partial charge in [-0.1, -0.05) is 146 Å². The van der Waals surface area contributed by atoms with Crippen LogP contribution in [0.2, 0.25) is 0 Å². The smallest absolute Gasteiger partial charge is 0.0462 e. The van der Waals surface area contributed by atoms with E-state index in [-0.39, 0.29) is 0 Å². The molecule has 10 aromatic carbocycles. The second-order valence-electron chi connectivity index (χ2n) is 18.5. The van der Waals surface area contributed by atoms with Crippen molar-refractivity contribution in [3.63, 3.8) is 0 Å². The Morgan fingerprint density at radius 1 is 0.189 bits per heavy atom. The second kappa shape index (κ2) is 18.9. The zero-order valence-corrected chi connectivity index (χ0v) is 43.2. The lowest BCUT2D eigenvalue weighted by Crippen LogP contribution is -2.10. The summed E-state index contributed by atoms with van der Waals surface area (Å²) in [4.78, 5) is 4.74. The molecule has 2 nitrogen and oxygen atoms in total. The van der Waals surface area contributed by atoms with Crippen LogP contribution < -0.4 is 9.80 Å². The standard InChI is InChI=1S/C68H44N2S4/c1-5-13-65-57(9-1)61(41-71-65)47-21-33-53(34-22-47)69(54-35-23-48(24-36-54)62-42-72-66-14-6-2-10-58(62)66)51-29-17-45(18-30-51)46-19-31-52(32-20-46)70(55-37-25-49(26-38-55)63-43-73-67-15-7-3-11-59(63)67)56-39-27-50(28-40-56)64-44-74-68-16-8-4-12-60(64)68/h1-44H. The third kappa shape index (κ3) is 8.09. The molecule has 14 rings (SSSR count). The minimum atomic E-state index is 1.09. The molecule has 0 N–H and O–H groups in total. The number of hydrogen-bond donors (Lipinski definition) is 0. The van der Waals surface area contributed by atoms with Crippen molar-refractivity contribution in [3.8, 4) is 55.6 Å². The highest BCUT2D eigenvalue weighted by atomic mass is 32.1. The van der Waals surface area contributed by atoms with Gasteiger partial charge in [-0.2, -0.15) is 0 Å². The van der Waals surface area contributed by atoms with Crippen molar-refractivity contribution in [2.75, 3.05) is 9.80 Å². The van der Waals surface area contributed by atoms with E-state index >= 15 is 0 Å². The van der Waals surface area contributed by atoms with Crippen LogP contribution in [0.3, 0.4) is 0 Å². The quantitative estimate of drug-likeness (QED) is 0.127. The summed E-state index contributed by atoms with van der Waals surface area (Å²) in [5.74, 6) is 0. The molecular weight excluding hydrogens is 973 g/mol. The Morgan fingerprint density at radius 2 is 0.378 bits per heavy atom. The van der Waals surface area contributed by atoms with Crippen LogP contribution in [0, 0.1) is 0 Å². The van der Waals surface area contributed by atoms with E-state index in [9.17, 15) is 0 Å². The molecular formula is C68H44N2S4. The second-order valence-corrected chi connectivity index (χ2v) is 22.2. The summed E-state index contributed by atoms with van der Waals surface area (Å²) in [6.07, 6.45) is 0. The van der Waals surface area contributed by atoms with Crippen LogP contribution in [0.4, 0.5) is 34.1 Å². The molecule has 4 heterocycles. The zero-order valence-electron chi connectivity index (χ0n) is 39.9. The lowest BCUT2D eigenvalue weighted by atomic mass is 10.0. The summed E-state index contributed by atoms with van der Waals surface area (Å²) < 4.78 is 5.23. The van der Waals surface area contributed by atoms with Gasteiger partial charge in [-0.25, -0.2) is 0 Å². The van der Waals surface area contributed by atoms with Gasteiger partial charge in [-0.05, 0) is 152 Å². The number of anilines is 6. The monoisotopic (exact) mass is 1020 g/mol. The average Bonchev–Trinajstić information content (AvgIpc) is 4.30. The molecule has 4 aromatic heterocycles. The number of hydrogen-bond acceptors (Lipinski definition) is 6. The predicted molar refractivity (Wildman–Crippen MR) is 325 cm³/mol. The summed E-state index contributed by atoms with van der Waals surface area (Å²) in [5, 5.41) is 14.3. The van der Waals surface area contributed by atoms with Gasteiger partial charge in [-0.3, -0.25) is 0 Å². The third-order valence-electron chi connectivity index (χ3n) is 14.3. The number of benzene rings is 10. The van der Waals surface area contributed by atoms with Gasteiger partial charge in [0.25, 0.3) is 0 Å². The maximum Gasteiger partial charge on any atom is 0.0462 e. The topological polar surface area (TPSA) is 6.48 Å². The number of nitrogens with zero attached hydrogens (tertiary/aromatic N) is 2. The maximum atomic E-state index is 2.37. The predicted octanol–water partition coefficient (Wildman–Crippen LogP) is 21.8. The van der Waals surface area contributed by atoms with Crippen LogP contribution in [0.25, 0.3) is 96.0 Å². The first-order valence-corrected chi connectivity index (χ1v) is 28.3. The van der Waals surface area contributed by atoms with Crippen LogP contribution in [0.15, 0.2) is 264 Å². The summed E-state index contributed by atoms with van der Waals surface area (Å²) in [7, 11) is 0. The van der Waals surface area contributed by atoms with Crippen molar-refractivity contribution in [2.45, 2.75) is 0 Å². The SMILES string of the molecule is c1ccc2c(-c3ccc(N(c4ccc(-c5ccc(N(c6ccc(-c7csc8ccccc78)cc6)c6ccc(-c7csc8ccccc78)cc6)cc5)cc4)c4ccc(-c5csc6ccccc56)cc4)cc3)csc2c1. The van der Waals surface area contributed by atoms with Crippen molar-refractivity contribution in [2.24, 2.45) is 0 Å². The molecule has 0 bridgehead atoms. The Kier molecular flexibility index (Phi) is 11.3. The normalized spacial score (nSPS) is 11.5. The van der Waals surface area contributed by atoms with Crippen molar-refractivity contribution in [3.05, 3.63) is 264 Å². The summed E-state index contributed by atoms with van der Waals surface area (Å²) in [6.45, 7) is 0. The molecule has 0 unspecified atom stereocenters. The fourth-order valence-corrected chi connectivity index (χ4v) is 14.3. The van der Waals surface area contributed by atoms with E-state index in [1.165, 1.54) is 84.9 Å². The average molecular weight is 1020 g/mol. The van der Waals surface area contributed by atoms with Crippen LogP contribution in [0.5, 0.6) is 0 Å². The Labute approximate surface area is 446 Å². The molecule has 0 aliphatic carbocycles. The molecule has 0 amide bonds. The Morgan fingerprint density at radius 3 is 0.595 bits per heavy atom. The third-order valence-corrected chi connectivity index (χ3v) is 18.1. The van der Waals surface area contributed by atoms with Gasteiger partial charge < -0.3 is 9.80 Å². The lowest BCUT2D eigenvalue weighted by molar-refractivity contribution is 1.28. The summed E-state index contributed by atoms with van der Waals surface area (Å²) in [6, 6.07) is 89.0. The first-order chi connectivity index (χ1) is 36.7. The summed E-state index contributed by atoms with van der Waals surface area (Å²) >= 11 is 7.21. The van der Waals surface area contributed by atoms with Crippen LogP contribution >= 0.6 is 45.3 Å². The van der Waals surface area contributed by atoms with E-state index in [0.29, 0.717) is 0 Å². The van der Waals surface area contributed by atoms with Crippen LogP contribution in [0.1, 0.15) is 0 Å². The van der Waals surface area contributed by atoms with E-state index in [4.69, 9.17) is 0 Å². The molecule has 0 aliphatic rings. The fourth-order valence-electron chi connectivity index (χ4n) is 10.5. The van der Waals surface area contributed by atoms with E-state index < -0.39 is 0 Å². The van der Waals surface area contributed by atoms with Crippen molar-refractivity contribution < 1.29 is 0 Å². The lowest BCUT2D eigenvalue weighted by Gasteiger charge is -2.27. The van der Waals surface area contributed by atoms with Gasteiger partial charge in [0, 0.05) is 96.7 Å². The van der Waals surface area contributed by atoms with Gasteiger partial charge >= 0.3 is 0 Å². The molecule has 350 valence electrons. The highest BCUT2D eigenvalue weighted by Crippen LogP contribution is 2.44. The van der Waals surface area contributed by atoms with E-state index in [0.717, 1.165) is 45.3 Å². The molecule has 6 heteroatoms. The van der Waals surface area contributed by atoms with Crippen molar-refractivity contribution >= 4 is 120 Å². The van der Waals surface area contributed by atoms with Gasteiger partial charge in [0.05, 0.1) is 0 Å². The Bertz CT molecular complexity index is 3760. The van der Waals surface area contributed by atoms with Crippen molar-refractivity contribution in [1.82, 2.24) is 0 Å². The van der Waals surface area contributed by atoms with Crippen molar-refractivity contribution in [1.29, 1.82) is 0 Å². The molecule has 0 spiro atoms. The Balaban J connectivity index is 0.792. The molecule has 14 aromatic rings. The molecule has 0 fully saturated rings. The molecule has 74 heavy (non-hydrogen) atoms. The van der Waals surface area contributed by atoms with Crippen LogP contribution in [-0.2, 0) is 0 Å². The molecule has 0 saturated heterocycles. The fraction of sp³-hybridized carbons (Fsp3) is 0. The van der Waals surface area contributed by atoms with E-state index in [2.05, 4.69) is 274 Å². The largest absolute Gasteiger partial charge is 0.311 e. The number of fused-ring (bicyclic) bond motifs is 4. The zero-order chi connectivity index (χ0) is 49.0. The van der Waals surface area contributed by atoms with Gasteiger partial charge in [0.15, 0.2) is 0 Å². The Hall–Kier alpha value is -8.36. The summed E-state index contributed by atoms with van der Waals surface area (Å²) in [5.41, 5.74) is 18.9. The first-order valence-electron chi connectivity index (χ1n) is 24.7. The minimum absolute atomic E-state index is 1.09. The van der Waals surface area contributed by atoms with Gasteiger partial charge in [0.1, 0.15) is 0 Å². The molecule has 0 atom stereocenters.